The number of halogens is 1. The molecule has 0 fully saturated rings. The Bertz CT molecular complexity index is 822. The zero-order valence-corrected chi connectivity index (χ0v) is 15.4. The molecular weight excluding hydrogens is 352 g/mol. The second-order valence-corrected chi connectivity index (χ2v) is 6.56. The zero-order chi connectivity index (χ0) is 18.5. The number of hydrogen-bond acceptors (Lipinski definition) is 3. The van der Waals surface area contributed by atoms with E-state index in [-0.39, 0.29) is 18.4 Å². The van der Waals surface area contributed by atoms with Gasteiger partial charge in [-0.05, 0) is 48.7 Å². The fourth-order valence-electron chi connectivity index (χ4n) is 2.89. The van der Waals surface area contributed by atoms with E-state index in [1.165, 1.54) is 0 Å². The summed E-state index contributed by atoms with van der Waals surface area (Å²) in [5.74, 6) is 0.556. The van der Waals surface area contributed by atoms with Crippen molar-refractivity contribution in [1.82, 2.24) is 4.90 Å². The highest BCUT2D eigenvalue weighted by Crippen LogP contribution is 2.27. The van der Waals surface area contributed by atoms with Crippen LogP contribution in [0.5, 0.6) is 5.75 Å². The van der Waals surface area contributed by atoms with Crippen molar-refractivity contribution < 1.29 is 14.3 Å². The molecule has 0 unspecified atom stereocenters. The van der Waals surface area contributed by atoms with E-state index in [2.05, 4.69) is 5.32 Å². The number of ether oxygens (including phenoxy) is 1. The zero-order valence-electron chi connectivity index (χ0n) is 14.6. The maximum absolute atomic E-state index is 12.5. The molecule has 1 aliphatic rings. The fraction of sp³-hybridized carbons (Fsp3) is 0.300. The van der Waals surface area contributed by atoms with E-state index in [0.29, 0.717) is 36.7 Å². The smallest absolute Gasteiger partial charge is 0.260 e. The summed E-state index contributed by atoms with van der Waals surface area (Å²) in [7, 11) is 0. The summed E-state index contributed by atoms with van der Waals surface area (Å²) in [6.45, 7) is 2.91. The molecular formula is C20H21ClN2O3. The van der Waals surface area contributed by atoms with Gasteiger partial charge in [-0.25, -0.2) is 0 Å². The Balaban J connectivity index is 1.60. The van der Waals surface area contributed by atoms with Crippen LogP contribution in [-0.4, -0.2) is 29.9 Å². The minimum absolute atomic E-state index is 0.0273. The molecule has 6 heteroatoms. The van der Waals surface area contributed by atoms with Gasteiger partial charge in [0.15, 0.2) is 6.61 Å². The second-order valence-electron chi connectivity index (χ2n) is 6.16. The number of rotatable bonds is 6. The largest absolute Gasteiger partial charge is 0.484 e. The first-order chi connectivity index (χ1) is 12.6. The SMILES string of the molecule is CCN(Cc1ccccc1Cl)C(=O)COc1ccc2c(c1)CCC(=O)N2. The number of aryl methyl sites for hydroxylation is 1. The fourth-order valence-corrected chi connectivity index (χ4v) is 3.09. The van der Waals surface area contributed by atoms with Crippen LogP contribution in [0.2, 0.25) is 5.02 Å². The maximum atomic E-state index is 12.5. The molecule has 2 amide bonds. The van der Waals surface area contributed by atoms with Crippen molar-refractivity contribution in [3.05, 3.63) is 58.6 Å². The Hall–Kier alpha value is -2.53. The Kier molecular flexibility index (Phi) is 5.78. The Labute approximate surface area is 157 Å². The molecule has 1 heterocycles. The lowest BCUT2D eigenvalue weighted by Gasteiger charge is -2.22. The summed E-state index contributed by atoms with van der Waals surface area (Å²) in [5, 5.41) is 3.48. The van der Waals surface area contributed by atoms with Gasteiger partial charge < -0.3 is 15.0 Å². The van der Waals surface area contributed by atoms with Gasteiger partial charge in [-0.3, -0.25) is 9.59 Å². The van der Waals surface area contributed by atoms with E-state index in [9.17, 15) is 9.59 Å². The van der Waals surface area contributed by atoms with Crippen LogP contribution in [0, 0.1) is 0 Å². The molecule has 26 heavy (non-hydrogen) atoms. The summed E-state index contributed by atoms with van der Waals surface area (Å²) < 4.78 is 5.67. The van der Waals surface area contributed by atoms with E-state index in [0.717, 1.165) is 16.8 Å². The third kappa shape index (κ3) is 4.35. The Morgan fingerprint density at radius 1 is 1.23 bits per heavy atom. The van der Waals surface area contributed by atoms with Gasteiger partial charge in [-0.15, -0.1) is 0 Å². The lowest BCUT2D eigenvalue weighted by Crippen LogP contribution is -2.34. The van der Waals surface area contributed by atoms with Crippen molar-refractivity contribution in [1.29, 1.82) is 0 Å². The molecule has 3 rings (SSSR count). The standard InChI is InChI=1S/C20H21ClN2O3/c1-2-23(12-15-5-3-4-6-17(15)21)20(25)13-26-16-8-9-18-14(11-16)7-10-19(24)22-18/h3-6,8-9,11H,2,7,10,12-13H2,1H3,(H,22,24). The number of fused-ring (bicyclic) bond motifs is 1. The lowest BCUT2D eigenvalue weighted by atomic mass is 10.0. The minimum Gasteiger partial charge on any atom is -0.484 e. The molecule has 0 radical (unpaired) electrons. The monoisotopic (exact) mass is 372 g/mol. The lowest BCUT2D eigenvalue weighted by molar-refractivity contribution is -0.133. The average molecular weight is 373 g/mol. The highest BCUT2D eigenvalue weighted by Gasteiger charge is 2.17. The van der Waals surface area contributed by atoms with Crippen LogP contribution < -0.4 is 10.1 Å². The van der Waals surface area contributed by atoms with Crippen molar-refractivity contribution in [2.24, 2.45) is 0 Å². The van der Waals surface area contributed by atoms with Crippen LogP contribution in [0.3, 0.4) is 0 Å². The predicted molar refractivity (Wildman–Crippen MR) is 101 cm³/mol. The molecule has 0 saturated carbocycles. The molecule has 0 aromatic heterocycles. The van der Waals surface area contributed by atoms with Crippen molar-refractivity contribution >= 4 is 29.1 Å². The van der Waals surface area contributed by atoms with Gasteiger partial charge in [0.25, 0.3) is 5.91 Å². The number of benzene rings is 2. The number of carbonyl (C=O) groups excluding carboxylic acids is 2. The molecule has 136 valence electrons. The van der Waals surface area contributed by atoms with Crippen molar-refractivity contribution in [2.75, 3.05) is 18.5 Å². The molecule has 0 aliphatic carbocycles. The van der Waals surface area contributed by atoms with Crippen molar-refractivity contribution in [3.8, 4) is 5.75 Å². The van der Waals surface area contributed by atoms with Gasteiger partial charge in [0.2, 0.25) is 5.91 Å². The summed E-state index contributed by atoms with van der Waals surface area (Å²) >= 11 is 6.18. The third-order valence-corrected chi connectivity index (χ3v) is 4.76. The number of amides is 2. The summed E-state index contributed by atoms with van der Waals surface area (Å²) in [6.07, 6.45) is 1.15. The van der Waals surface area contributed by atoms with Gasteiger partial charge in [0, 0.05) is 30.2 Å². The van der Waals surface area contributed by atoms with Crippen LogP contribution in [0.4, 0.5) is 5.69 Å². The van der Waals surface area contributed by atoms with Crippen LogP contribution >= 0.6 is 11.6 Å². The first kappa shape index (κ1) is 18.3. The van der Waals surface area contributed by atoms with Gasteiger partial charge in [-0.2, -0.15) is 0 Å². The quantitative estimate of drug-likeness (QED) is 0.842. The molecule has 0 bridgehead atoms. The minimum atomic E-state index is -0.0987. The Morgan fingerprint density at radius 3 is 2.81 bits per heavy atom. The average Bonchev–Trinajstić information content (AvgIpc) is 2.65. The van der Waals surface area contributed by atoms with Gasteiger partial charge >= 0.3 is 0 Å². The van der Waals surface area contributed by atoms with Gasteiger partial charge in [0.1, 0.15) is 5.75 Å². The molecule has 2 aromatic carbocycles. The highest BCUT2D eigenvalue weighted by molar-refractivity contribution is 6.31. The number of carbonyl (C=O) groups is 2. The van der Waals surface area contributed by atoms with Crippen LogP contribution in [0.25, 0.3) is 0 Å². The van der Waals surface area contributed by atoms with Crippen molar-refractivity contribution in [3.63, 3.8) is 0 Å². The molecule has 5 nitrogen and oxygen atoms in total. The van der Waals surface area contributed by atoms with Crippen molar-refractivity contribution in [2.45, 2.75) is 26.3 Å². The van der Waals surface area contributed by atoms with Gasteiger partial charge in [-0.1, -0.05) is 29.8 Å². The van der Waals surface area contributed by atoms with E-state index in [4.69, 9.17) is 16.3 Å². The van der Waals surface area contributed by atoms with E-state index >= 15 is 0 Å². The summed E-state index contributed by atoms with van der Waals surface area (Å²) in [5.41, 5.74) is 2.75. The molecule has 0 atom stereocenters. The number of nitrogens with one attached hydrogen (secondary N) is 1. The molecule has 1 aliphatic heterocycles. The maximum Gasteiger partial charge on any atom is 0.260 e. The number of anilines is 1. The van der Waals surface area contributed by atoms with Crippen LogP contribution in [0.15, 0.2) is 42.5 Å². The molecule has 0 saturated heterocycles. The van der Waals surface area contributed by atoms with E-state index < -0.39 is 0 Å². The summed E-state index contributed by atoms with van der Waals surface area (Å²) in [4.78, 5) is 25.6. The number of likely N-dealkylation sites (N-methyl/N-ethyl adjacent to an activating group) is 1. The highest BCUT2D eigenvalue weighted by atomic mass is 35.5. The molecule has 0 spiro atoms. The summed E-state index contributed by atoms with van der Waals surface area (Å²) in [6, 6.07) is 13.0. The first-order valence-corrected chi connectivity index (χ1v) is 9.01. The van der Waals surface area contributed by atoms with Gasteiger partial charge in [0.05, 0.1) is 0 Å². The predicted octanol–water partition coefficient (Wildman–Crippen LogP) is 3.65. The Morgan fingerprint density at radius 2 is 2.04 bits per heavy atom. The topological polar surface area (TPSA) is 58.6 Å². The van der Waals surface area contributed by atoms with E-state index in [1.807, 2.05) is 43.3 Å². The van der Waals surface area contributed by atoms with Crippen LogP contribution in [0.1, 0.15) is 24.5 Å². The van der Waals surface area contributed by atoms with Crippen LogP contribution in [-0.2, 0) is 22.6 Å². The second kappa shape index (κ2) is 8.23. The first-order valence-electron chi connectivity index (χ1n) is 8.63. The van der Waals surface area contributed by atoms with E-state index in [1.54, 1.807) is 11.0 Å². The molecule has 2 aromatic rings. The number of nitrogens with zero attached hydrogens (tertiary/aromatic N) is 1. The third-order valence-electron chi connectivity index (χ3n) is 4.39. The number of hydrogen-bond donors (Lipinski definition) is 1. The normalized spacial score (nSPS) is 12.9. The molecule has 1 N–H and O–H groups in total.